The quantitative estimate of drug-likeness (QED) is 0.871. The maximum Gasteiger partial charge on any atom is 0.272 e. The van der Waals surface area contributed by atoms with Crippen LogP contribution in [0.25, 0.3) is 10.9 Å². The third-order valence-corrected chi connectivity index (χ3v) is 3.67. The van der Waals surface area contributed by atoms with Crippen LogP contribution in [0.15, 0.2) is 30.3 Å². The topological polar surface area (TPSA) is 68.5 Å². The van der Waals surface area contributed by atoms with E-state index in [1.807, 2.05) is 38.1 Å². The van der Waals surface area contributed by atoms with Crippen LogP contribution in [0.1, 0.15) is 24.3 Å². The Bertz CT molecular complexity index is 676. The minimum absolute atomic E-state index is 0.0375. The Labute approximate surface area is 123 Å². The van der Waals surface area contributed by atoms with Gasteiger partial charge in [-0.05, 0) is 26.0 Å². The molecule has 2 N–H and O–H groups in total. The summed E-state index contributed by atoms with van der Waals surface area (Å²) in [5.74, 6) is -0.0885. The molecule has 1 saturated heterocycles. The van der Waals surface area contributed by atoms with Gasteiger partial charge in [0.15, 0.2) is 0 Å². The van der Waals surface area contributed by atoms with Crippen LogP contribution in [0.4, 0.5) is 5.69 Å². The second-order valence-electron chi connectivity index (χ2n) is 5.58. The number of nitrogens with zero attached hydrogens (tertiary/aromatic N) is 2. The highest BCUT2D eigenvalue weighted by Gasteiger charge is 2.27. The number of aromatic nitrogens is 1. The summed E-state index contributed by atoms with van der Waals surface area (Å²) in [5, 5.41) is 0.873. The summed E-state index contributed by atoms with van der Waals surface area (Å²) in [6, 6.07) is 9.24. The summed E-state index contributed by atoms with van der Waals surface area (Å²) >= 11 is 0. The SMILES string of the molecule is CC1CN(C(=O)c2cc(N)c3ccccc3n2)CC(C)O1. The van der Waals surface area contributed by atoms with Crippen LogP contribution in [-0.4, -0.2) is 41.1 Å². The van der Waals surface area contributed by atoms with Crippen molar-refractivity contribution in [2.24, 2.45) is 0 Å². The zero-order chi connectivity index (χ0) is 15.0. The number of anilines is 1. The van der Waals surface area contributed by atoms with Crippen LogP contribution in [0.5, 0.6) is 0 Å². The zero-order valence-electron chi connectivity index (χ0n) is 12.2. The van der Waals surface area contributed by atoms with E-state index in [-0.39, 0.29) is 18.1 Å². The van der Waals surface area contributed by atoms with E-state index in [4.69, 9.17) is 10.5 Å². The lowest BCUT2D eigenvalue weighted by Crippen LogP contribution is -2.48. The van der Waals surface area contributed by atoms with Crippen molar-refractivity contribution in [1.82, 2.24) is 9.88 Å². The standard InChI is InChI=1S/C16H19N3O2/c1-10-8-19(9-11(2)21-10)16(20)15-7-13(17)12-5-3-4-6-14(12)18-15/h3-7,10-11H,8-9H2,1-2H3,(H2,17,18). The number of nitrogen functional groups attached to an aromatic ring is 1. The van der Waals surface area contributed by atoms with E-state index in [2.05, 4.69) is 4.98 Å². The first-order chi connectivity index (χ1) is 10.0. The molecule has 21 heavy (non-hydrogen) atoms. The molecular weight excluding hydrogens is 266 g/mol. The largest absolute Gasteiger partial charge is 0.398 e. The molecule has 1 aromatic heterocycles. The predicted molar refractivity (Wildman–Crippen MR) is 82.1 cm³/mol. The molecule has 110 valence electrons. The first-order valence-electron chi connectivity index (χ1n) is 7.14. The van der Waals surface area contributed by atoms with Crippen molar-refractivity contribution < 1.29 is 9.53 Å². The Balaban J connectivity index is 1.94. The van der Waals surface area contributed by atoms with Crippen molar-refractivity contribution in [3.05, 3.63) is 36.0 Å². The molecule has 0 saturated carbocycles. The lowest BCUT2D eigenvalue weighted by molar-refractivity contribution is -0.0587. The minimum atomic E-state index is -0.0885. The molecule has 2 heterocycles. The third-order valence-electron chi connectivity index (χ3n) is 3.67. The van der Waals surface area contributed by atoms with Crippen molar-refractivity contribution >= 4 is 22.5 Å². The fourth-order valence-corrected chi connectivity index (χ4v) is 2.82. The molecule has 5 nitrogen and oxygen atoms in total. The molecular formula is C16H19N3O2. The second-order valence-corrected chi connectivity index (χ2v) is 5.58. The lowest BCUT2D eigenvalue weighted by Gasteiger charge is -2.35. The summed E-state index contributed by atoms with van der Waals surface area (Å²) in [5.41, 5.74) is 7.77. The molecule has 1 aliphatic rings. The second kappa shape index (κ2) is 5.33. The maximum absolute atomic E-state index is 12.6. The monoisotopic (exact) mass is 285 g/mol. The van der Waals surface area contributed by atoms with Crippen LogP contribution in [0, 0.1) is 0 Å². The Kier molecular flexibility index (Phi) is 3.51. The summed E-state index contributed by atoms with van der Waals surface area (Å²) < 4.78 is 5.66. The van der Waals surface area contributed by atoms with Crippen molar-refractivity contribution in [3.63, 3.8) is 0 Å². The Hall–Kier alpha value is -2.14. The Morgan fingerprint density at radius 2 is 1.95 bits per heavy atom. The molecule has 1 amide bonds. The smallest absolute Gasteiger partial charge is 0.272 e. The van der Waals surface area contributed by atoms with Gasteiger partial charge in [0.2, 0.25) is 0 Å². The number of carbonyl (C=O) groups excluding carboxylic acids is 1. The molecule has 1 aromatic carbocycles. The van der Waals surface area contributed by atoms with Crippen molar-refractivity contribution in [1.29, 1.82) is 0 Å². The molecule has 0 aliphatic carbocycles. The predicted octanol–water partition coefficient (Wildman–Crippen LogP) is 2.07. The van der Waals surface area contributed by atoms with Crippen molar-refractivity contribution in [2.45, 2.75) is 26.1 Å². The normalized spacial score (nSPS) is 22.5. The zero-order valence-corrected chi connectivity index (χ0v) is 12.2. The van der Waals surface area contributed by atoms with Gasteiger partial charge in [-0.1, -0.05) is 18.2 Å². The van der Waals surface area contributed by atoms with Gasteiger partial charge in [-0.25, -0.2) is 4.98 Å². The molecule has 0 bridgehead atoms. The Morgan fingerprint density at radius 1 is 1.29 bits per heavy atom. The van der Waals surface area contributed by atoms with E-state index in [9.17, 15) is 4.79 Å². The van der Waals surface area contributed by atoms with Gasteiger partial charge in [-0.15, -0.1) is 0 Å². The number of hydrogen-bond acceptors (Lipinski definition) is 4. The number of pyridine rings is 1. The molecule has 0 radical (unpaired) electrons. The summed E-state index contributed by atoms with van der Waals surface area (Å²) in [4.78, 5) is 18.9. The van der Waals surface area contributed by atoms with E-state index in [0.29, 0.717) is 24.5 Å². The number of fused-ring (bicyclic) bond motifs is 1. The average molecular weight is 285 g/mol. The van der Waals surface area contributed by atoms with Crippen molar-refractivity contribution in [3.8, 4) is 0 Å². The highest BCUT2D eigenvalue weighted by Crippen LogP contribution is 2.22. The minimum Gasteiger partial charge on any atom is -0.398 e. The number of hydrogen-bond donors (Lipinski definition) is 1. The molecule has 1 aliphatic heterocycles. The van der Waals surface area contributed by atoms with E-state index in [0.717, 1.165) is 10.9 Å². The van der Waals surface area contributed by atoms with Gasteiger partial charge in [0, 0.05) is 24.2 Å². The fraction of sp³-hybridized carbons (Fsp3) is 0.375. The first-order valence-corrected chi connectivity index (χ1v) is 7.14. The molecule has 1 fully saturated rings. The van der Waals surface area contributed by atoms with Crippen LogP contribution in [0.2, 0.25) is 0 Å². The number of nitrogens with two attached hydrogens (primary N) is 1. The van der Waals surface area contributed by atoms with Crippen molar-refractivity contribution in [2.75, 3.05) is 18.8 Å². The number of amides is 1. The highest BCUT2D eigenvalue weighted by molar-refractivity contribution is 5.99. The maximum atomic E-state index is 12.6. The summed E-state index contributed by atoms with van der Waals surface area (Å²) in [6.07, 6.45) is 0.0750. The first kappa shape index (κ1) is 13.8. The van der Waals surface area contributed by atoms with E-state index in [1.165, 1.54) is 0 Å². The van der Waals surface area contributed by atoms with Gasteiger partial charge in [-0.3, -0.25) is 4.79 Å². The highest BCUT2D eigenvalue weighted by atomic mass is 16.5. The van der Waals surface area contributed by atoms with E-state index in [1.54, 1.807) is 11.0 Å². The molecule has 0 spiro atoms. The molecule has 2 unspecified atom stereocenters. The van der Waals surface area contributed by atoms with Crippen LogP contribution in [0.3, 0.4) is 0 Å². The fourth-order valence-electron chi connectivity index (χ4n) is 2.82. The molecule has 3 rings (SSSR count). The number of benzene rings is 1. The van der Waals surface area contributed by atoms with Crippen LogP contribution in [-0.2, 0) is 4.74 Å². The summed E-state index contributed by atoms with van der Waals surface area (Å²) in [7, 11) is 0. The number of ether oxygens (including phenoxy) is 1. The van der Waals surface area contributed by atoms with E-state index < -0.39 is 0 Å². The van der Waals surface area contributed by atoms with Gasteiger partial charge >= 0.3 is 0 Å². The third kappa shape index (κ3) is 2.69. The van der Waals surface area contributed by atoms with Gasteiger partial charge in [-0.2, -0.15) is 0 Å². The van der Waals surface area contributed by atoms with Gasteiger partial charge in [0.05, 0.1) is 17.7 Å². The lowest BCUT2D eigenvalue weighted by atomic mass is 10.1. The molecule has 2 atom stereocenters. The van der Waals surface area contributed by atoms with Gasteiger partial charge in [0.25, 0.3) is 5.91 Å². The van der Waals surface area contributed by atoms with E-state index >= 15 is 0 Å². The number of rotatable bonds is 1. The van der Waals surface area contributed by atoms with Crippen LogP contribution < -0.4 is 5.73 Å². The van der Waals surface area contributed by atoms with Crippen LogP contribution >= 0.6 is 0 Å². The Morgan fingerprint density at radius 3 is 2.67 bits per heavy atom. The molecule has 5 heteroatoms. The van der Waals surface area contributed by atoms with Gasteiger partial charge < -0.3 is 15.4 Å². The average Bonchev–Trinajstić information content (AvgIpc) is 2.45. The molecule has 2 aromatic rings. The summed E-state index contributed by atoms with van der Waals surface area (Å²) in [6.45, 7) is 5.10. The number of para-hydroxylation sites is 1. The van der Waals surface area contributed by atoms with Gasteiger partial charge in [0.1, 0.15) is 5.69 Å². The number of morpholine rings is 1. The number of carbonyl (C=O) groups is 1.